The van der Waals surface area contributed by atoms with E-state index in [-0.39, 0.29) is 48.2 Å². The van der Waals surface area contributed by atoms with Crippen LogP contribution < -0.4 is 5.32 Å². The third-order valence-electron chi connectivity index (χ3n) is 6.19. The molecule has 3 rings (SSSR count). The van der Waals surface area contributed by atoms with Crippen LogP contribution in [0.25, 0.3) is 0 Å². The molecule has 3 atom stereocenters. The molecule has 2 fully saturated rings. The summed E-state index contributed by atoms with van der Waals surface area (Å²) in [6.45, 7) is 15.7. The van der Waals surface area contributed by atoms with Crippen LogP contribution in [0.2, 0.25) is 0 Å². The molecule has 2 aliphatic rings. The molecule has 2 heterocycles. The Balaban J connectivity index is 1.90. The average molecular weight is 498 g/mol. The number of carbonyl (C=O) groups is 1. The Kier molecular flexibility index (Phi) is 8.14. The van der Waals surface area contributed by atoms with Gasteiger partial charge in [0.1, 0.15) is 23.3 Å². The minimum Gasteiger partial charge on any atom is -0.349 e. The maximum atomic E-state index is 13.6. The van der Waals surface area contributed by atoms with Gasteiger partial charge in [-0.2, -0.15) is 8.42 Å². The Hall–Kier alpha value is -1.52. The molecular weight excluding hydrogens is 458 g/mol. The van der Waals surface area contributed by atoms with Gasteiger partial charge in [-0.3, -0.25) is 8.98 Å². The number of β-lactam (4-membered cyclic amide) rings is 1. The van der Waals surface area contributed by atoms with Gasteiger partial charge in [-0.15, -0.1) is 0 Å². The SMILES string of the molecule is CC(C)c1cc(C(C)C)c(S(=O)(=O)OC[C@H](O[C@@H]2CC(=O)N2)[C@@H]2COC(C)(C)O2)c(C(C)C)c1. The molecule has 192 valence electrons. The molecule has 0 unspecified atom stereocenters. The van der Waals surface area contributed by atoms with E-state index in [1.807, 2.05) is 39.8 Å². The number of rotatable bonds is 10. The molecule has 0 spiro atoms. The number of nitrogens with one attached hydrogen (secondary N) is 1. The van der Waals surface area contributed by atoms with Crippen molar-refractivity contribution in [2.24, 2.45) is 0 Å². The van der Waals surface area contributed by atoms with Crippen LogP contribution in [0, 0.1) is 0 Å². The topological polar surface area (TPSA) is 100 Å². The van der Waals surface area contributed by atoms with E-state index in [0.717, 1.165) is 16.7 Å². The Labute approximate surface area is 203 Å². The average Bonchev–Trinajstić information content (AvgIpc) is 3.07. The Morgan fingerprint density at radius 3 is 2.03 bits per heavy atom. The number of hydrogen-bond acceptors (Lipinski definition) is 7. The molecule has 0 aromatic heterocycles. The fourth-order valence-corrected chi connectivity index (χ4v) is 5.74. The van der Waals surface area contributed by atoms with Gasteiger partial charge in [0.2, 0.25) is 5.91 Å². The van der Waals surface area contributed by atoms with E-state index in [1.54, 1.807) is 13.8 Å². The molecule has 2 aliphatic heterocycles. The highest BCUT2D eigenvalue weighted by Crippen LogP contribution is 2.36. The van der Waals surface area contributed by atoms with Crippen LogP contribution in [0.15, 0.2) is 17.0 Å². The van der Waals surface area contributed by atoms with E-state index in [0.29, 0.717) is 0 Å². The third-order valence-corrected chi connectivity index (χ3v) is 7.61. The zero-order valence-corrected chi connectivity index (χ0v) is 22.3. The van der Waals surface area contributed by atoms with Crippen molar-refractivity contribution in [2.75, 3.05) is 13.2 Å². The largest absolute Gasteiger partial charge is 0.349 e. The van der Waals surface area contributed by atoms with Crippen LogP contribution >= 0.6 is 0 Å². The van der Waals surface area contributed by atoms with Gasteiger partial charge in [0.15, 0.2) is 5.79 Å². The van der Waals surface area contributed by atoms with Gasteiger partial charge in [-0.1, -0.05) is 53.7 Å². The van der Waals surface area contributed by atoms with E-state index < -0.39 is 34.3 Å². The summed E-state index contributed by atoms with van der Waals surface area (Å²) in [6, 6.07) is 3.96. The van der Waals surface area contributed by atoms with Crippen molar-refractivity contribution >= 4 is 16.0 Å². The molecular formula is C25H39NO7S. The zero-order valence-electron chi connectivity index (χ0n) is 21.5. The molecule has 0 aliphatic carbocycles. The highest BCUT2D eigenvalue weighted by molar-refractivity contribution is 7.86. The molecule has 1 N–H and O–H groups in total. The molecule has 0 saturated carbocycles. The fourth-order valence-electron chi connectivity index (χ4n) is 4.15. The summed E-state index contributed by atoms with van der Waals surface area (Å²) < 4.78 is 50.4. The molecule has 0 bridgehead atoms. The van der Waals surface area contributed by atoms with Crippen molar-refractivity contribution in [1.29, 1.82) is 0 Å². The van der Waals surface area contributed by atoms with E-state index in [2.05, 4.69) is 19.2 Å². The maximum Gasteiger partial charge on any atom is 0.297 e. The smallest absolute Gasteiger partial charge is 0.297 e. The van der Waals surface area contributed by atoms with Gasteiger partial charge in [-0.25, -0.2) is 0 Å². The molecule has 34 heavy (non-hydrogen) atoms. The summed E-state index contributed by atoms with van der Waals surface area (Å²) in [7, 11) is -4.11. The summed E-state index contributed by atoms with van der Waals surface area (Å²) in [5.41, 5.74) is 2.60. The lowest BCUT2D eigenvalue weighted by Crippen LogP contribution is -2.54. The Morgan fingerprint density at radius 1 is 1.06 bits per heavy atom. The zero-order chi connectivity index (χ0) is 25.4. The van der Waals surface area contributed by atoms with Crippen molar-refractivity contribution in [2.45, 2.75) is 109 Å². The fraction of sp³-hybridized carbons (Fsp3) is 0.720. The minimum absolute atomic E-state index is 0.00539. The van der Waals surface area contributed by atoms with Crippen LogP contribution in [-0.2, 0) is 33.3 Å². The van der Waals surface area contributed by atoms with E-state index in [4.69, 9.17) is 18.4 Å². The standard InChI is InChI=1S/C25H39NO7S/c1-14(2)17-9-18(15(3)4)24(19(10-17)16(5)6)34(28,29)31-13-20(32-23-11-22(27)26-23)21-12-30-25(7,8)33-21/h9-10,14-16,20-21,23H,11-13H2,1-8H3,(H,26,27)/t20-,21-,23+/m0/s1. The predicted octanol–water partition coefficient (Wildman–Crippen LogP) is 4.14. The van der Waals surface area contributed by atoms with Gasteiger partial charge < -0.3 is 19.5 Å². The highest BCUT2D eigenvalue weighted by atomic mass is 32.2. The van der Waals surface area contributed by atoms with E-state index in [9.17, 15) is 13.2 Å². The Morgan fingerprint density at radius 2 is 1.62 bits per heavy atom. The maximum absolute atomic E-state index is 13.6. The lowest BCUT2D eigenvalue weighted by atomic mass is 9.89. The first-order valence-corrected chi connectivity index (χ1v) is 13.4. The first-order valence-electron chi connectivity index (χ1n) is 12.0. The first kappa shape index (κ1) is 27.1. The predicted molar refractivity (Wildman–Crippen MR) is 128 cm³/mol. The van der Waals surface area contributed by atoms with Crippen molar-refractivity contribution in [1.82, 2.24) is 5.32 Å². The quantitative estimate of drug-likeness (QED) is 0.383. The molecule has 1 aromatic rings. The summed E-state index contributed by atoms with van der Waals surface area (Å²) in [6.07, 6.45) is -1.55. The molecule has 8 nitrogen and oxygen atoms in total. The first-order chi connectivity index (χ1) is 15.7. The second-order valence-corrected chi connectivity index (χ2v) is 12.1. The van der Waals surface area contributed by atoms with Crippen molar-refractivity contribution in [3.63, 3.8) is 0 Å². The van der Waals surface area contributed by atoms with Gasteiger partial charge in [0.25, 0.3) is 10.1 Å². The molecule has 0 radical (unpaired) electrons. The Bertz CT molecular complexity index is 964. The summed E-state index contributed by atoms with van der Waals surface area (Å²) in [4.78, 5) is 11.6. The van der Waals surface area contributed by atoms with Crippen LogP contribution in [0.1, 0.15) is 96.3 Å². The number of benzene rings is 1. The van der Waals surface area contributed by atoms with Gasteiger partial charge in [0.05, 0.1) is 19.6 Å². The molecule has 1 aromatic carbocycles. The molecule has 1 amide bonds. The third kappa shape index (κ3) is 6.18. The normalized spacial score (nSPS) is 23.4. The second-order valence-electron chi connectivity index (χ2n) is 10.5. The second kappa shape index (κ2) is 10.2. The summed E-state index contributed by atoms with van der Waals surface area (Å²) in [5, 5.41) is 2.65. The lowest BCUT2D eigenvalue weighted by molar-refractivity contribution is -0.179. The summed E-state index contributed by atoms with van der Waals surface area (Å²) >= 11 is 0. The number of ether oxygens (including phenoxy) is 3. The van der Waals surface area contributed by atoms with Gasteiger partial charge >= 0.3 is 0 Å². The van der Waals surface area contributed by atoms with Crippen LogP contribution in [-0.4, -0.2) is 51.8 Å². The highest BCUT2D eigenvalue weighted by Gasteiger charge is 2.41. The van der Waals surface area contributed by atoms with Crippen LogP contribution in [0.4, 0.5) is 0 Å². The van der Waals surface area contributed by atoms with Crippen molar-refractivity contribution < 1.29 is 31.6 Å². The number of amides is 1. The number of hydrogen-bond donors (Lipinski definition) is 1. The van der Waals surface area contributed by atoms with Crippen molar-refractivity contribution in [3.8, 4) is 0 Å². The molecule has 2 saturated heterocycles. The monoisotopic (exact) mass is 497 g/mol. The number of carbonyl (C=O) groups excluding carboxylic acids is 1. The lowest BCUT2D eigenvalue weighted by Gasteiger charge is -2.33. The van der Waals surface area contributed by atoms with E-state index >= 15 is 0 Å². The van der Waals surface area contributed by atoms with Crippen LogP contribution in [0.5, 0.6) is 0 Å². The summed E-state index contributed by atoms with van der Waals surface area (Å²) in [5.74, 6) is -0.667. The molecule has 9 heteroatoms. The van der Waals surface area contributed by atoms with E-state index in [1.165, 1.54) is 0 Å². The van der Waals surface area contributed by atoms with Crippen LogP contribution in [0.3, 0.4) is 0 Å². The minimum atomic E-state index is -4.11. The van der Waals surface area contributed by atoms with Gasteiger partial charge in [0, 0.05) is 0 Å². The van der Waals surface area contributed by atoms with Gasteiger partial charge in [-0.05, 0) is 48.3 Å². The van der Waals surface area contributed by atoms with Crippen molar-refractivity contribution in [3.05, 3.63) is 28.8 Å².